The molecule has 0 saturated carbocycles. The minimum absolute atomic E-state index is 0.00240. The molecule has 1 aromatic rings. The normalized spacial score (nSPS) is 18.5. The first-order valence-electron chi connectivity index (χ1n) is 9.29. The molecule has 2 saturated heterocycles. The maximum Gasteiger partial charge on any atom is 0.317 e. The average Bonchev–Trinajstić information content (AvgIpc) is 2.69. The number of piperidine rings is 1. The van der Waals surface area contributed by atoms with Crippen molar-refractivity contribution in [1.29, 1.82) is 0 Å². The van der Waals surface area contributed by atoms with E-state index in [2.05, 4.69) is 15.6 Å². The molecule has 0 aliphatic carbocycles. The quantitative estimate of drug-likeness (QED) is 0.840. The Morgan fingerprint density at radius 3 is 2.50 bits per heavy atom. The summed E-state index contributed by atoms with van der Waals surface area (Å²) in [6, 6.07) is 3.96. The number of hydrogen-bond acceptors (Lipinski definition) is 5. The highest BCUT2D eigenvalue weighted by molar-refractivity contribution is 5.94. The lowest BCUT2D eigenvalue weighted by Gasteiger charge is -2.32. The van der Waals surface area contributed by atoms with Crippen molar-refractivity contribution in [3.63, 3.8) is 0 Å². The Morgan fingerprint density at radius 1 is 1.15 bits per heavy atom. The van der Waals surface area contributed by atoms with Crippen molar-refractivity contribution in [3.05, 3.63) is 23.9 Å². The first-order chi connectivity index (χ1) is 12.7. The first kappa shape index (κ1) is 18.4. The van der Waals surface area contributed by atoms with Crippen molar-refractivity contribution in [1.82, 2.24) is 20.1 Å². The Morgan fingerprint density at radius 2 is 1.88 bits per heavy atom. The van der Waals surface area contributed by atoms with Crippen molar-refractivity contribution in [2.45, 2.75) is 25.8 Å². The number of likely N-dealkylation sites (tertiary alicyclic amines) is 1. The van der Waals surface area contributed by atoms with Gasteiger partial charge in [0.15, 0.2) is 0 Å². The van der Waals surface area contributed by atoms with Gasteiger partial charge in [0.2, 0.25) is 0 Å². The molecule has 0 bridgehead atoms. The zero-order valence-electron chi connectivity index (χ0n) is 15.2. The fourth-order valence-electron chi connectivity index (χ4n) is 3.25. The van der Waals surface area contributed by atoms with Crippen LogP contribution < -0.4 is 10.6 Å². The number of aromatic nitrogens is 1. The lowest BCUT2D eigenvalue weighted by Crippen LogP contribution is -2.46. The number of carbonyl (C=O) groups is 2. The highest BCUT2D eigenvalue weighted by Gasteiger charge is 2.23. The molecule has 3 amide bonds. The van der Waals surface area contributed by atoms with E-state index < -0.39 is 0 Å². The number of hydrogen-bond donors (Lipinski definition) is 2. The van der Waals surface area contributed by atoms with Gasteiger partial charge < -0.3 is 25.2 Å². The predicted molar refractivity (Wildman–Crippen MR) is 98.2 cm³/mol. The summed E-state index contributed by atoms with van der Waals surface area (Å²) in [5.41, 5.74) is 0.600. The molecule has 8 heteroatoms. The number of pyridine rings is 1. The van der Waals surface area contributed by atoms with E-state index in [-0.39, 0.29) is 18.0 Å². The summed E-state index contributed by atoms with van der Waals surface area (Å²) >= 11 is 0. The van der Waals surface area contributed by atoms with Gasteiger partial charge in [-0.1, -0.05) is 0 Å². The van der Waals surface area contributed by atoms with Crippen LogP contribution in [0.25, 0.3) is 0 Å². The lowest BCUT2D eigenvalue weighted by atomic mass is 10.1. The summed E-state index contributed by atoms with van der Waals surface area (Å²) in [4.78, 5) is 32.3. The van der Waals surface area contributed by atoms with Gasteiger partial charge in [0, 0.05) is 45.0 Å². The fraction of sp³-hybridized carbons (Fsp3) is 0.611. The number of nitrogens with one attached hydrogen (secondary N) is 2. The van der Waals surface area contributed by atoms with E-state index in [1.165, 1.54) is 0 Å². The topological polar surface area (TPSA) is 86.8 Å². The van der Waals surface area contributed by atoms with E-state index in [0.717, 1.165) is 31.7 Å². The molecule has 0 unspecified atom stereocenters. The second kappa shape index (κ2) is 8.84. The SMILES string of the molecule is CCNC(=O)N1CCC(Nc2ccc(C(=O)N3CCOCC3)cn2)CC1. The molecule has 2 aliphatic rings. The average molecular weight is 361 g/mol. The van der Waals surface area contributed by atoms with E-state index in [1.807, 2.05) is 24.0 Å². The van der Waals surface area contributed by atoms with Gasteiger partial charge in [-0.05, 0) is 31.9 Å². The Hall–Kier alpha value is -2.35. The molecular formula is C18H27N5O3. The highest BCUT2D eigenvalue weighted by Crippen LogP contribution is 2.16. The van der Waals surface area contributed by atoms with Gasteiger partial charge in [-0.2, -0.15) is 0 Å². The monoisotopic (exact) mass is 361 g/mol. The van der Waals surface area contributed by atoms with Crippen LogP contribution in [0.4, 0.5) is 10.6 Å². The van der Waals surface area contributed by atoms with E-state index >= 15 is 0 Å². The number of urea groups is 1. The largest absolute Gasteiger partial charge is 0.378 e. The molecule has 0 atom stereocenters. The molecule has 3 heterocycles. The first-order valence-corrected chi connectivity index (χ1v) is 9.29. The molecular weight excluding hydrogens is 334 g/mol. The third kappa shape index (κ3) is 4.63. The summed E-state index contributed by atoms with van der Waals surface area (Å²) < 4.78 is 5.28. The molecule has 2 aliphatic heterocycles. The van der Waals surface area contributed by atoms with Crippen LogP contribution in [0.2, 0.25) is 0 Å². The maximum atomic E-state index is 12.4. The maximum absolute atomic E-state index is 12.4. The lowest BCUT2D eigenvalue weighted by molar-refractivity contribution is 0.0302. The summed E-state index contributed by atoms with van der Waals surface area (Å²) in [6.45, 7) is 6.48. The van der Waals surface area contributed by atoms with Gasteiger partial charge in [-0.25, -0.2) is 9.78 Å². The van der Waals surface area contributed by atoms with Gasteiger partial charge in [0.05, 0.1) is 18.8 Å². The second-order valence-corrected chi connectivity index (χ2v) is 6.58. The standard InChI is InChI=1S/C18H27N5O3/c1-2-19-18(25)23-7-5-15(6-8-23)21-16-4-3-14(13-20-16)17(24)22-9-11-26-12-10-22/h3-4,13,15H,2,5-12H2,1H3,(H,19,25)(H,20,21). The minimum Gasteiger partial charge on any atom is -0.378 e. The molecule has 2 fully saturated rings. The van der Waals surface area contributed by atoms with Crippen molar-refractivity contribution >= 4 is 17.8 Å². The fourth-order valence-corrected chi connectivity index (χ4v) is 3.25. The highest BCUT2D eigenvalue weighted by atomic mass is 16.5. The van der Waals surface area contributed by atoms with Crippen LogP contribution in [-0.4, -0.2) is 78.7 Å². The van der Waals surface area contributed by atoms with Gasteiger partial charge in [-0.15, -0.1) is 0 Å². The Bertz CT molecular complexity index is 608. The van der Waals surface area contributed by atoms with Crippen LogP contribution in [0, 0.1) is 0 Å². The molecule has 26 heavy (non-hydrogen) atoms. The molecule has 0 spiro atoms. The Balaban J connectivity index is 1.49. The number of anilines is 1. The van der Waals surface area contributed by atoms with E-state index in [4.69, 9.17) is 4.74 Å². The van der Waals surface area contributed by atoms with E-state index in [1.54, 1.807) is 11.1 Å². The molecule has 2 N–H and O–H groups in total. The van der Waals surface area contributed by atoms with Crippen LogP contribution >= 0.6 is 0 Å². The van der Waals surface area contributed by atoms with Gasteiger partial charge >= 0.3 is 6.03 Å². The molecule has 1 aromatic heterocycles. The van der Waals surface area contributed by atoms with Gasteiger partial charge in [0.1, 0.15) is 5.82 Å². The van der Waals surface area contributed by atoms with Crippen molar-refractivity contribution in [2.24, 2.45) is 0 Å². The molecule has 142 valence electrons. The second-order valence-electron chi connectivity index (χ2n) is 6.58. The van der Waals surface area contributed by atoms with Crippen molar-refractivity contribution in [3.8, 4) is 0 Å². The summed E-state index contributed by atoms with van der Waals surface area (Å²) in [5.74, 6) is 0.766. The molecule has 8 nitrogen and oxygen atoms in total. The Kier molecular flexibility index (Phi) is 6.27. The molecule has 0 radical (unpaired) electrons. The third-order valence-electron chi connectivity index (χ3n) is 4.77. The number of morpholine rings is 1. The smallest absolute Gasteiger partial charge is 0.317 e. The van der Waals surface area contributed by atoms with E-state index in [9.17, 15) is 9.59 Å². The zero-order valence-corrected chi connectivity index (χ0v) is 15.2. The van der Waals surface area contributed by atoms with Gasteiger partial charge in [-0.3, -0.25) is 4.79 Å². The summed E-state index contributed by atoms with van der Waals surface area (Å²) in [6.07, 6.45) is 3.39. The Labute approximate surface area is 153 Å². The van der Waals surface area contributed by atoms with Crippen LogP contribution in [0.5, 0.6) is 0 Å². The van der Waals surface area contributed by atoms with Crippen LogP contribution in [0.3, 0.4) is 0 Å². The van der Waals surface area contributed by atoms with Crippen LogP contribution in [0.1, 0.15) is 30.1 Å². The number of amides is 3. The van der Waals surface area contributed by atoms with Crippen molar-refractivity contribution < 1.29 is 14.3 Å². The summed E-state index contributed by atoms with van der Waals surface area (Å²) in [7, 11) is 0. The van der Waals surface area contributed by atoms with Crippen molar-refractivity contribution in [2.75, 3.05) is 51.3 Å². The predicted octanol–water partition coefficient (Wildman–Crippen LogP) is 1.16. The zero-order chi connectivity index (χ0) is 18.4. The summed E-state index contributed by atoms with van der Waals surface area (Å²) in [5, 5.41) is 6.24. The minimum atomic E-state index is 0.00240. The van der Waals surface area contributed by atoms with E-state index in [0.29, 0.717) is 38.4 Å². The third-order valence-corrected chi connectivity index (χ3v) is 4.77. The molecule has 3 rings (SSSR count). The number of carbonyl (C=O) groups excluding carboxylic acids is 2. The number of ether oxygens (including phenoxy) is 1. The molecule has 0 aromatic carbocycles. The van der Waals surface area contributed by atoms with Gasteiger partial charge in [0.25, 0.3) is 5.91 Å². The number of rotatable bonds is 4. The van der Waals surface area contributed by atoms with Crippen LogP contribution in [-0.2, 0) is 4.74 Å². The van der Waals surface area contributed by atoms with Crippen LogP contribution in [0.15, 0.2) is 18.3 Å². The number of nitrogens with zero attached hydrogens (tertiary/aromatic N) is 3.